The smallest absolute Gasteiger partial charge is 0.340 e. The van der Waals surface area contributed by atoms with E-state index in [1.165, 1.54) is 5.56 Å². The number of fused-ring (bicyclic) bond motifs is 1. The number of furan rings is 1. The highest BCUT2D eigenvalue weighted by molar-refractivity contribution is 6.06. The largest absolute Gasteiger partial charge is 0.463 e. The van der Waals surface area contributed by atoms with Gasteiger partial charge in [0.15, 0.2) is 0 Å². The molecule has 25 heavy (non-hydrogen) atoms. The molecule has 3 heterocycles. The van der Waals surface area contributed by atoms with E-state index in [2.05, 4.69) is 22.1 Å². The number of benzene rings is 1. The van der Waals surface area contributed by atoms with E-state index in [1.807, 2.05) is 23.1 Å². The molecule has 1 fully saturated rings. The third kappa shape index (κ3) is 2.86. The number of piperidine rings is 1. The molecule has 1 amide bonds. The molecule has 0 radical (unpaired) electrons. The fraction of sp³-hybridized carbons (Fsp3) is 0.389. The van der Waals surface area contributed by atoms with Crippen LogP contribution in [0.15, 0.2) is 33.7 Å². The average Bonchev–Trinajstić information content (AvgIpc) is 3.27. The lowest BCUT2D eigenvalue weighted by Gasteiger charge is -2.31. The zero-order valence-electron chi connectivity index (χ0n) is 14.0. The van der Waals surface area contributed by atoms with Crippen molar-refractivity contribution in [3.05, 3.63) is 51.9 Å². The predicted octanol–water partition coefficient (Wildman–Crippen LogP) is 2.43. The van der Waals surface area contributed by atoms with Crippen molar-refractivity contribution in [3.63, 3.8) is 0 Å². The van der Waals surface area contributed by atoms with Gasteiger partial charge in [0.25, 0.3) is 5.91 Å². The minimum atomic E-state index is -0.314. The average molecular weight is 340 g/mol. The number of hydrogen-bond acceptors (Lipinski definition) is 4. The second-order valence-corrected chi connectivity index (χ2v) is 6.49. The van der Waals surface area contributed by atoms with Crippen LogP contribution in [0.2, 0.25) is 0 Å². The first-order valence-corrected chi connectivity index (χ1v) is 8.59. The molecule has 7 heteroatoms. The van der Waals surface area contributed by atoms with Gasteiger partial charge in [0.1, 0.15) is 17.7 Å². The molecule has 4 rings (SSSR count). The highest BCUT2D eigenvalue weighted by Gasteiger charge is 2.29. The minimum absolute atomic E-state index is 0.0328. The molecule has 2 aromatic heterocycles. The summed E-state index contributed by atoms with van der Waals surface area (Å²) in [7, 11) is 0. The predicted molar refractivity (Wildman–Crippen MR) is 92.7 cm³/mol. The van der Waals surface area contributed by atoms with Crippen LogP contribution >= 0.6 is 0 Å². The number of nitrogens with zero attached hydrogens (tertiary/aromatic N) is 2. The van der Waals surface area contributed by atoms with Crippen molar-refractivity contribution in [1.29, 1.82) is 0 Å². The van der Waals surface area contributed by atoms with E-state index in [0.29, 0.717) is 24.5 Å². The normalized spacial score (nSPS) is 18.0. The van der Waals surface area contributed by atoms with Gasteiger partial charge in [0.05, 0.1) is 5.56 Å². The molecule has 1 aliphatic heterocycles. The molecular weight excluding hydrogens is 320 g/mol. The number of carbonyl (C=O) groups excluding carboxylic acids is 1. The van der Waals surface area contributed by atoms with E-state index in [4.69, 9.17) is 4.42 Å². The van der Waals surface area contributed by atoms with Crippen LogP contribution in [-0.4, -0.2) is 39.1 Å². The summed E-state index contributed by atoms with van der Waals surface area (Å²) in [6, 6.07) is 5.96. The van der Waals surface area contributed by atoms with Crippen LogP contribution < -0.4 is 5.69 Å². The van der Waals surface area contributed by atoms with E-state index in [9.17, 15) is 9.59 Å². The molecule has 0 spiro atoms. The molecule has 0 aliphatic carbocycles. The summed E-state index contributed by atoms with van der Waals surface area (Å²) < 4.78 is 5.56. The maximum Gasteiger partial charge on any atom is 0.340 e. The van der Waals surface area contributed by atoms with E-state index >= 15 is 0 Å². The molecular formula is C18H20N4O3. The Morgan fingerprint density at radius 1 is 1.44 bits per heavy atom. The van der Waals surface area contributed by atoms with Gasteiger partial charge in [-0.15, -0.1) is 0 Å². The molecule has 1 atom stereocenters. The third-order valence-electron chi connectivity index (χ3n) is 4.89. The van der Waals surface area contributed by atoms with Gasteiger partial charge < -0.3 is 9.32 Å². The first-order chi connectivity index (χ1) is 12.2. The first kappa shape index (κ1) is 15.7. The topological polar surface area (TPSA) is 95.0 Å². The van der Waals surface area contributed by atoms with Crippen LogP contribution in [0.5, 0.6) is 0 Å². The first-order valence-electron chi connectivity index (χ1n) is 8.59. The van der Waals surface area contributed by atoms with Crippen LogP contribution in [-0.2, 0) is 6.42 Å². The van der Waals surface area contributed by atoms with Crippen molar-refractivity contribution in [2.75, 3.05) is 13.1 Å². The fourth-order valence-electron chi connectivity index (χ4n) is 3.49. The minimum Gasteiger partial charge on any atom is -0.463 e. The number of hydrogen-bond donors (Lipinski definition) is 2. The van der Waals surface area contributed by atoms with Gasteiger partial charge in [-0.25, -0.2) is 9.89 Å². The second-order valence-electron chi connectivity index (χ2n) is 6.49. The number of aromatic amines is 2. The van der Waals surface area contributed by atoms with Gasteiger partial charge in [0.2, 0.25) is 0 Å². The lowest BCUT2D eigenvalue weighted by Crippen LogP contribution is -2.39. The Morgan fingerprint density at radius 3 is 3.08 bits per heavy atom. The molecule has 0 unspecified atom stereocenters. The zero-order chi connectivity index (χ0) is 17.4. The van der Waals surface area contributed by atoms with Crippen LogP contribution in [0.25, 0.3) is 11.0 Å². The van der Waals surface area contributed by atoms with E-state index in [0.717, 1.165) is 30.2 Å². The highest BCUT2D eigenvalue weighted by Crippen LogP contribution is 2.28. The molecule has 2 N–H and O–H groups in total. The Balaban J connectivity index is 1.61. The summed E-state index contributed by atoms with van der Waals surface area (Å²) >= 11 is 0. The van der Waals surface area contributed by atoms with Crippen molar-refractivity contribution in [2.45, 2.75) is 32.1 Å². The van der Waals surface area contributed by atoms with Crippen molar-refractivity contribution in [1.82, 2.24) is 20.1 Å². The summed E-state index contributed by atoms with van der Waals surface area (Å²) in [5, 5.41) is 7.27. The molecule has 3 aromatic rings. The van der Waals surface area contributed by atoms with Crippen LogP contribution in [0.4, 0.5) is 0 Å². The van der Waals surface area contributed by atoms with Crippen molar-refractivity contribution < 1.29 is 9.21 Å². The molecule has 130 valence electrons. The van der Waals surface area contributed by atoms with Gasteiger partial charge in [-0.2, -0.15) is 5.10 Å². The lowest BCUT2D eigenvalue weighted by atomic mass is 9.96. The Morgan fingerprint density at radius 2 is 2.32 bits per heavy atom. The molecule has 1 aromatic carbocycles. The Kier molecular flexibility index (Phi) is 3.91. The lowest BCUT2D eigenvalue weighted by molar-refractivity contribution is 0.0705. The van der Waals surface area contributed by atoms with Gasteiger partial charge >= 0.3 is 5.69 Å². The van der Waals surface area contributed by atoms with Crippen molar-refractivity contribution >= 4 is 16.9 Å². The van der Waals surface area contributed by atoms with Gasteiger partial charge in [-0.3, -0.25) is 9.78 Å². The standard InChI is InChI=1S/C18H20N4O3/c1-2-11-5-6-15-13(8-11)14(10-25-15)17(23)22-7-3-4-12(9-22)16-19-18(24)21-20-16/h5-6,8,10,12H,2-4,7,9H2,1H3,(H2,19,20,21,24)/t12-/m1/s1. The Labute approximate surface area is 144 Å². The summed E-state index contributed by atoms with van der Waals surface area (Å²) in [4.78, 5) is 28.8. The molecule has 1 aliphatic rings. The maximum atomic E-state index is 13.0. The van der Waals surface area contributed by atoms with Crippen molar-refractivity contribution in [3.8, 4) is 0 Å². The van der Waals surface area contributed by atoms with E-state index in [1.54, 1.807) is 6.26 Å². The summed E-state index contributed by atoms with van der Waals surface area (Å²) in [5.74, 6) is 0.628. The van der Waals surface area contributed by atoms with Crippen LogP contribution in [0.3, 0.4) is 0 Å². The van der Waals surface area contributed by atoms with Crippen LogP contribution in [0, 0.1) is 0 Å². The van der Waals surface area contributed by atoms with Crippen LogP contribution in [0.1, 0.15) is 47.4 Å². The van der Waals surface area contributed by atoms with Gasteiger partial charge in [-0.1, -0.05) is 13.0 Å². The molecule has 0 bridgehead atoms. The van der Waals surface area contributed by atoms with Gasteiger partial charge in [-0.05, 0) is 37.0 Å². The number of likely N-dealkylation sites (tertiary alicyclic amines) is 1. The number of aromatic nitrogens is 3. The molecule has 7 nitrogen and oxygen atoms in total. The molecule has 0 saturated carbocycles. The number of H-pyrrole nitrogens is 2. The maximum absolute atomic E-state index is 13.0. The number of aryl methyl sites for hydroxylation is 1. The summed E-state index contributed by atoms with van der Waals surface area (Å²) in [5.41, 5.74) is 2.19. The zero-order valence-corrected chi connectivity index (χ0v) is 14.0. The highest BCUT2D eigenvalue weighted by atomic mass is 16.3. The van der Waals surface area contributed by atoms with E-state index < -0.39 is 0 Å². The molecule has 1 saturated heterocycles. The quantitative estimate of drug-likeness (QED) is 0.765. The number of carbonyl (C=O) groups is 1. The number of rotatable bonds is 3. The van der Waals surface area contributed by atoms with Gasteiger partial charge in [0, 0.05) is 24.4 Å². The summed E-state index contributed by atoms with van der Waals surface area (Å²) in [6.45, 7) is 3.33. The van der Waals surface area contributed by atoms with Crippen molar-refractivity contribution in [2.24, 2.45) is 0 Å². The summed E-state index contributed by atoms with van der Waals surface area (Å²) in [6.07, 6.45) is 4.23. The number of nitrogens with one attached hydrogen (secondary N) is 2. The van der Waals surface area contributed by atoms with E-state index in [-0.39, 0.29) is 17.5 Å². The second kappa shape index (κ2) is 6.23. The SMILES string of the molecule is CCc1ccc2occ(C(=O)N3CCC[C@@H](c4n[nH]c(=O)[nH]4)C3)c2c1. The Hall–Kier alpha value is -2.83. The monoisotopic (exact) mass is 340 g/mol. The fourth-order valence-corrected chi connectivity index (χ4v) is 3.49. The third-order valence-corrected chi connectivity index (χ3v) is 4.89. The Bertz CT molecular complexity index is 968. The number of amides is 1.